The van der Waals surface area contributed by atoms with Gasteiger partial charge in [-0.15, -0.1) is 0 Å². The number of rotatable bonds is 7. The lowest BCUT2D eigenvalue weighted by Gasteiger charge is -2.29. The average Bonchev–Trinajstić information content (AvgIpc) is 3.59. The molecular formula is C31H24N4O3S. The van der Waals surface area contributed by atoms with Crippen LogP contribution in [0.1, 0.15) is 33.8 Å². The summed E-state index contributed by atoms with van der Waals surface area (Å²) in [6.45, 7) is 0. The number of hydrogen-bond acceptors (Lipinski definition) is 4. The fraction of sp³-hybridized carbons (Fsp3) is 0.0645. The second kappa shape index (κ2) is 10.4. The number of carboxylic acid groups (broad SMARTS) is 1. The smallest absolute Gasteiger partial charge is 0.335 e. The van der Waals surface area contributed by atoms with Crippen LogP contribution in [-0.2, 0) is 0 Å². The Labute approximate surface area is 230 Å². The fourth-order valence-electron chi connectivity index (χ4n) is 4.87. The highest BCUT2D eigenvalue weighted by Crippen LogP contribution is 2.42. The van der Waals surface area contributed by atoms with Gasteiger partial charge in [-0.05, 0) is 97.1 Å². The monoisotopic (exact) mass is 532 g/mol. The fourth-order valence-corrected chi connectivity index (χ4v) is 5.21. The number of pyridine rings is 1. The van der Waals surface area contributed by atoms with Crippen molar-refractivity contribution in [2.75, 3.05) is 4.90 Å². The van der Waals surface area contributed by atoms with E-state index < -0.39 is 5.97 Å². The van der Waals surface area contributed by atoms with E-state index in [9.17, 15) is 9.90 Å². The summed E-state index contributed by atoms with van der Waals surface area (Å²) >= 11 is 5.88. The summed E-state index contributed by atoms with van der Waals surface area (Å²) in [5, 5.41) is 13.4. The Morgan fingerprint density at radius 3 is 2.21 bits per heavy atom. The van der Waals surface area contributed by atoms with Crippen LogP contribution in [0.2, 0.25) is 0 Å². The molecule has 2 N–H and O–H groups in total. The van der Waals surface area contributed by atoms with Crippen molar-refractivity contribution in [2.45, 2.75) is 12.1 Å². The molecule has 2 atom stereocenters. The Hall–Kier alpha value is -4.95. The number of thiocarbonyl (C=S) groups is 1. The lowest BCUT2D eigenvalue weighted by atomic mass is 10.0. The second-order valence-corrected chi connectivity index (χ2v) is 9.45. The average molecular weight is 533 g/mol. The van der Waals surface area contributed by atoms with E-state index in [1.807, 2.05) is 97.2 Å². The Morgan fingerprint density at radius 1 is 0.821 bits per heavy atom. The number of para-hydroxylation sites is 1. The van der Waals surface area contributed by atoms with Gasteiger partial charge in [0.25, 0.3) is 0 Å². The number of aromatic carboxylic acids is 1. The van der Waals surface area contributed by atoms with Crippen LogP contribution in [0, 0.1) is 0 Å². The highest BCUT2D eigenvalue weighted by atomic mass is 32.1. The van der Waals surface area contributed by atoms with Crippen molar-refractivity contribution in [3.8, 4) is 17.2 Å². The van der Waals surface area contributed by atoms with Gasteiger partial charge in [-0.3, -0.25) is 4.98 Å². The molecule has 3 aromatic carbocycles. The van der Waals surface area contributed by atoms with Crippen LogP contribution in [0.15, 0.2) is 122 Å². The zero-order valence-electron chi connectivity index (χ0n) is 20.7. The van der Waals surface area contributed by atoms with Gasteiger partial charge >= 0.3 is 5.97 Å². The minimum Gasteiger partial charge on any atom is -0.478 e. The molecule has 0 radical (unpaired) electrons. The highest BCUT2D eigenvalue weighted by molar-refractivity contribution is 7.80. The van der Waals surface area contributed by atoms with Crippen molar-refractivity contribution in [1.29, 1.82) is 0 Å². The van der Waals surface area contributed by atoms with E-state index in [2.05, 4.69) is 25.8 Å². The molecule has 5 aromatic rings. The van der Waals surface area contributed by atoms with Crippen molar-refractivity contribution in [1.82, 2.24) is 14.9 Å². The van der Waals surface area contributed by atoms with Crippen LogP contribution in [0.5, 0.6) is 11.5 Å². The maximum Gasteiger partial charge on any atom is 0.335 e. The lowest BCUT2D eigenvalue weighted by molar-refractivity contribution is 0.0697. The Morgan fingerprint density at radius 2 is 1.51 bits per heavy atom. The van der Waals surface area contributed by atoms with Crippen LogP contribution in [-0.4, -0.2) is 25.7 Å². The molecule has 1 fully saturated rings. The second-order valence-electron chi connectivity index (χ2n) is 9.06. The molecule has 192 valence electrons. The molecule has 0 bridgehead atoms. The third-order valence-corrected chi connectivity index (χ3v) is 6.98. The number of nitrogens with one attached hydrogen (secondary N) is 1. The van der Waals surface area contributed by atoms with Crippen molar-refractivity contribution < 1.29 is 14.6 Å². The van der Waals surface area contributed by atoms with E-state index in [0.717, 1.165) is 34.3 Å². The highest BCUT2D eigenvalue weighted by Gasteiger charge is 2.42. The van der Waals surface area contributed by atoms with Gasteiger partial charge in [0, 0.05) is 29.5 Å². The topological polar surface area (TPSA) is 79.6 Å². The van der Waals surface area contributed by atoms with E-state index in [0.29, 0.717) is 5.11 Å². The summed E-state index contributed by atoms with van der Waals surface area (Å²) in [6.07, 6.45) is 3.75. The maximum absolute atomic E-state index is 11.4. The molecule has 7 nitrogen and oxygen atoms in total. The van der Waals surface area contributed by atoms with Crippen molar-refractivity contribution >= 4 is 29.0 Å². The number of nitrogens with zero attached hydrogens (tertiary/aromatic N) is 3. The number of carboxylic acids is 1. The van der Waals surface area contributed by atoms with Gasteiger partial charge < -0.3 is 24.6 Å². The minimum absolute atomic E-state index is 0.217. The normalized spacial score (nSPS) is 16.6. The first kappa shape index (κ1) is 24.4. The third-order valence-electron chi connectivity index (χ3n) is 6.67. The van der Waals surface area contributed by atoms with Crippen LogP contribution < -0.4 is 15.0 Å². The number of ether oxygens (including phenoxy) is 1. The van der Waals surface area contributed by atoms with Gasteiger partial charge in [-0.1, -0.05) is 24.3 Å². The molecule has 1 aliphatic heterocycles. The van der Waals surface area contributed by atoms with Crippen molar-refractivity contribution in [2.24, 2.45) is 0 Å². The quantitative estimate of drug-likeness (QED) is 0.230. The van der Waals surface area contributed by atoms with E-state index in [4.69, 9.17) is 17.0 Å². The van der Waals surface area contributed by atoms with Crippen molar-refractivity contribution in [3.05, 3.63) is 139 Å². The Balaban J connectivity index is 1.39. The first-order valence-electron chi connectivity index (χ1n) is 12.4. The van der Waals surface area contributed by atoms with Gasteiger partial charge in [-0.25, -0.2) is 4.79 Å². The number of carbonyl (C=O) groups is 1. The van der Waals surface area contributed by atoms with Gasteiger partial charge in [0.05, 0.1) is 17.3 Å². The first-order valence-corrected chi connectivity index (χ1v) is 12.8. The predicted octanol–water partition coefficient (Wildman–Crippen LogP) is 6.54. The Kier molecular flexibility index (Phi) is 6.52. The molecule has 0 spiro atoms. The molecule has 0 aliphatic carbocycles. The minimum atomic E-state index is -0.958. The summed E-state index contributed by atoms with van der Waals surface area (Å²) in [6, 6.07) is 33.8. The third kappa shape index (κ3) is 4.85. The molecule has 1 saturated heterocycles. The molecule has 39 heavy (non-hydrogen) atoms. The standard InChI is InChI=1S/C31H24N4O3S/c36-30(37)21-11-13-22(14-12-21)34-20-6-10-27(34)29-28(26-9-4-5-19-32-26)33-31(39)35(29)23-15-17-25(18-16-23)38-24-7-2-1-3-8-24/h1-20,28-29H,(H,33,39)(H,36,37). The summed E-state index contributed by atoms with van der Waals surface area (Å²) in [5.41, 5.74) is 3.84. The van der Waals surface area contributed by atoms with E-state index >= 15 is 0 Å². The summed E-state index contributed by atoms with van der Waals surface area (Å²) in [7, 11) is 0. The predicted molar refractivity (Wildman–Crippen MR) is 154 cm³/mol. The number of benzene rings is 3. The van der Waals surface area contributed by atoms with Crippen LogP contribution in [0.3, 0.4) is 0 Å². The molecule has 2 unspecified atom stereocenters. The maximum atomic E-state index is 11.4. The molecule has 0 saturated carbocycles. The SMILES string of the molecule is O=C(O)c1ccc(-n2cccc2C2C(c3ccccn3)NC(=S)N2c2ccc(Oc3ccccc3)cc2)cc1. The van der Waals surface area contributed by atoms with Gasteiger partial charge in [0.15, 0.2) is 5.11 Å². The molecular weight excluding hydrogens is 508 g/mol. The van der Waals surface area contributed by atoms with Crippen molar-refractivity contribution in [3.63, 3.8) is 0 Å². The van der Waals surface area contributed by atoms with E-state index in [-0.39, 0.29) is 17.6 Å². The van der Waals surface area contributed by atoms with Gasteiger partial charge in [-0.2, -0.15) is 0 Å². The molecule has 0 amide bonds. The molecule has 8 heteroatoms. The van der Waals surface area contributed by atoms with Crippen LogP contribution in [0.25, 0.3) is 5.69 Å². The first-order chi connectivity index (χ1) is 19.1. The molecule has 6 rings (SSSR count). The summed E-state index contributed by atoms with van der Waals surface area (Å²) < 4.78 is 8.05. The molecule has 3 heterocycles. The molecule has 1 aliphatic rings. The number of anilines is 1. The number of hydrogen-bond donors (Lipinski definition) is 2. The summed E-state index contributed by atoms with van der Waals surface area (Å²) in [5.74, 6) is 0.534. The van der Waals surface area contributed by atoms with E-state index in [1.165, 1.54) is 0 Å². The zero-order valence-corrected chi connectivity index (χ0v) is 21.5. The number of aromatic nitrogens is 2. The zero-order chi connectivity index (χ0) is 26.8. The largest absolute Gasteiger partial charge is 0.478 e. The molecule has 2 aromatic heterocycles. The van der Waals surface area contributed by atoms with Crippen LogP contribution >= 0.6 is 12.2 Å². The van der Waals surface area contributed by atoms with Gasteiger partial charge in [0.1, 0.15) is 17.5 Å². The van der Waals surface area contributed by atoms with Crippen LogP contribution in [0.4, 0.5) is 5.69 Å². The van der Waals surface area contributed by atoms with E-state index in [1.54, 1.807) is 18.3 Å². The summed E-state index contributed by atoms with van der Waals surface area (Å²) in [4.78, 5) is 18.1. The lowest BCUT2D eigenvalue weighted by Crippen LogP contribution is -2.30. The van der Waals surface area contributed by atoms with Gasteiger partial charge in [0.2, 0.25) is 0 Å². The Bertz CT molecular complexity index is 1600.